The molecule has 0 N–H and O–H groups in total. The molecule has 0 atom stereocenters. The predicted molar refractivity (Wildman–Crippen MR) is 189 cm³/mol. The Morgan fingerprint density at radius 2 is 0.978 bits per heavy atom. The highest BCUT2D eigenvalue weighted by Crippen LogP contribution is 2.43. The summed E-state index contributed by atoms with van der Waals surface area (Å²) in [6.07, 6.45) is 2.01. The van der Waals surface area contributed by atoms with Crippen molar-refractivity contribution in [3.8, 4) is 22.5 Å². The average molecular weight is 572 g/mol. The van der Waals surface area contributed by atoms with E-state index >= 15 is 0 Å². The normalized spacial score (nSPS) is 12.0. The number of fused-ring (bicyclic) bond motifs is 14. The molecule has 10 rings (SSSR count). The lowest BCUT2D eigenvalue weighted by Crippen LogP contribution is -1.94. The van der Waals surface area contributed by atoms with Gasteiger partial charge in [0.1, 0.15) is 0 Å². The van der Waals surface area contributed by atoms with E-state index in [1.54, 1.807) is 0 Å². The maximum atomic E-state index is 5.27. The minimum absolute atomic E-state index is 0.728. The SMILES string of the molecule is c1ccc(-c2c3ccc(-c4ncc5c6ccccc6c6ccccc6c5n4)cc3n3c4ccccc4c4ccccc4c23)cc1. The fourth-order valence-corrected chi connectivity index (χ4v) is 7.45. The molecule has 0 saturated heterocycles. The number of para-hydroxylation sites is 1. The second kappa shape index (κ2) is 9.22. The summed E-state index contributed by atoms with van der Waals surface area (Å²) in [5.74, 6) is 0.728. The summed E-state index contributed by atoms with van der Waals surface area (Å²) in [5, 5.41) is 10.8. The van der Waals surface area contributed by atoms with Crippen molar-refractivity contribution in [2.24, 2.45) is 0 Å². The molecule has 10 aromatic rings. The zero-order valence-corrected chi connectivity index (χ0v) is 24.3. The van der Waals surface area contributed by atoms with Crippen LogP contribution in [0.3, 0.4) is 0 Å². The Bertz CT molecular complexity index is 2780. The number of benzene rings is 7. The number of rotatable bonds is 2. The third kappa shape index (κ3) is 3.41. The Morgan fingerprint density at radius 1 is 0.400 bits per heavy atom. The van der Waals surface area contributed by atoms with Crippen LogP contribution in [-0.4, -0.2) is 14.4 Å². The van der Waals surface area contributed by atoms with E-state index in [0.29, 0.717) is 0 Å². The summed E-state index contributed by atoms with van der Waals surface area (Å²) in [7, 11) is 0. The van der Waals surface area contributed by atoms with E-state index in [1.165, 1.54) is 59.9 Å². The Hall–Kier alpha value is -6.06. The second-order valence-corrected chi connectivity index (χ2v) is 11.8. The van der Waals surface area contributed by atoms with Gasteiger partial charge in [0.15, 0.2) is 5.82 Å². The summed E-state index contributed by atoms with van der Waals surface area (Å²) >= 11 is 0. The van der Waals surface area contributed by atoms with Gasteiger partial charge in [0, 0.05) is 44.3 Å². The van der Waals surface area contributed by atoms with Crippen LogP contribution in [0.15, 0.2) is 152 Å². The summed E-state index contributed by atoms with van der Waals surface area (Å²) in [5.41, 5.74) is 7.99. The minimum atomic E-state index is 0.728. The molecule has 45 heavy (non-hydrogen) atoms. The van der Waals surface area contributed by atoms with E-state index < -0.39 is 0 Å². The Morgan fingerprint density at radius 3 is 1.73 bits per heavy atom. The van der Waals surface area contributed by atoms with Crippen LogP contribution in [-0.2, 0) is 0 Å². The van der Waals surface area contributed by atoms with Gasteiger partial charge >= 0.3 is 0 Å². The number of hydrogen-bond acceptors (Lipinski definition) is 2. The van der Waals surface area contributed by atoms with Gasteiger partial charge in [-0.25, -0.2) is 9.97 Å². The van der Waals surface area contributed by atoms with Gasteiger partial charge in [-0.15, -0.1) is 0 Å². The average Bonchev–Trinajstić information content (AvgIpc) is 3.47. The molecule has 0 aliphatic rings. The van der Waals surface area contributed by atoms with Gasteiger partial charge < -0.3 is 4.40 Å². The van der Waals surface area contributed by atoms with Crippen LogP contribution in [0.5, 0.6) is 0 Å². The Labute approximate surface area is 258 Å². The molecule has 3 heterocycles. The van der Waals surface area contributed by atoms with Crippen molar-refractivity contribution in [3.63, 3.8) is 0 Å². The van der Waals surface area contributed by atoms with Crippen LogP contribution in [0, 0.1) is 0 Å². The molecule has 7 aromatic carbocycles. The van der Waals surface area contributed by atoms with Gasteiger partial charge in [0.2, 0.25) is 0 Å². The molecule has 0 aliphatic heterocycles. The molecule has 0 amide bonds. The van der Waals surface area contributed by atoms with E-state index in [0.717, 1.165) is 33.2 Å². The molecule has 0 radical (unpaired) electrons. The van der Waals surface area contributed by atoms with Gasteiger partial charge in [-0.1, -0.05) is 133 Å². The number of hydrogen-bond donors (Lipinski definition) is 0. The summed E-state index contributed by atoms with van der Waals surface area (Å²) in [6.45, 7) is 0. The first-order valence-electron chi connectivity index (χ1n) is 15.3. The first-order valence-corrected chi connectivity index (χ1v) is 15.3. The van der Waals surface area contributed by atoms with Crippen molar-refractivity contribution in [1.29, 1.82) is 0 Å². The highest BCUT2D eigenvalue weighted by molar-refractivity contribution is 6.24. The first-order chi connectivity index (χ1) is 22.3. The maximum absolute atomic E-state index is 5.27. The van der Waals surface area contributed by atoms with E-state index in [-0.39, 0.29) is 0 Å². The van der Waals surface area contributed by atoms with Crippen LogP contribution in [0.2, 0.25) is 0 Å². The lowest BCUT2D eigenvalue weighted by atomic mass is 9.97. The largest absolute Gasteiger partial charge is 0.308 e. The van der Waals surface area contributed by atoms with Crippen molar-refractivity contribution in [2.75, 3.05) is 0 Å². The van der Waals surface area contributed by atoms with Crippen LogP contribution in [0.1, 0.15) is 0 Å². The molecular formula is C42H25N3. The fourth-order valence-electron chi connectivity index (χ4n) is 7.45. The molecule has 0 aliphatic carbocycles. The van der Waals surface area contributed by atoms with E-state index in [1.807, 2.05) is 6.20 Å². The summed E-state index contributed by atoms with van der Waals surface area (Å²) < 4.78 is 2.45. The van der Waals surface area contributed by atoms with Gasteiger partial charge in [-0.2, -0.15) is 0 Å². The quantitative estimate of drug-likeness (QED) is 0.193. The molecule has 3 heteroatoms. The molecule has 0 fully saturated rings. The highest BCUT2D eigenvalue weighted by atomic mass is 14.9. The van der Waals surface area contributed by atoms with Crippen LogP contribution in [0.25, 0.3) is 93.1 Å². The molecule has 0 spiro atoms. The van der Waals surface area contributed by atoms with Crippen LogP contribution < -0.4 is 0 Å². The monoisotopic (exact) mass is 571 g/mol. The van der Waals surface area contributed by atoms with E-state index in [4.69, 9.17) is 9.97 Å². The standard InChI is InChI=1S/C42H25N3/c1-2-12-26(13-3-1)39-35-23-22-27(24-38(35)45-37-21-11-10-18-32(37)31-17-7-9-20-34(31)41(39)45)42-43-25-36-30-16-5-4-14-28(30)29-15-6-8-19-33(29)40(36)44-42/h1-25H. The molecule has 0 saturated carbocycles. The van der Waals surface area contributed by atoms with Gasteiger partial charge in [-0.3, -0.25) is 0 Å². The Balaban J connectivity index is 1.33. The van der Waals surface area contributed by atoms with Gasteiger partial charge in [-0.05, 0) is 39.2 Å². The fraction of sp³-hybridized carbons (Fsp3) is 0. The molecular weight excluding hydrogens is 546 g/mol. The molecule has 3 aromatic heterocycles. The van der Waals surface area contributed by atoms with Crippen molar-refractivity contribution < 1.29 is 0 Å². The molecule has 3 nitrogen and oxygen atoms in total. The molecule has 0 bridgehead atoms. The minimum Gasteiger partial charge on any atom is -0.308 e. The first kappa shape index (κ1) is 24.4. The van der Waals surface area contributed by atoms with Crippen molar-refractivity contribution >= 4 is 70.5 Å². The predicted octanol–water partition coefficient (Wildman–Crippen LogP) is 11.0. The van der Waals surface area contributed by atoms with E-state index in [9.17, 15) is 0 Å². The zero-order valence-electron chi connectivity index (χ0n) is 24.3. The van der Waals surface area contributed by atoms with Crippen molar-refractivity contribution in [3.05, 3.63) is 152 Å². The third-order valence-corrected chi connectivity index (χ3v) is 9.38. The topological polar surface area (TPSA) is 30.2 Å². The molecule has 0 unspecified atom stereocenters. The maximum Gasteiger partial charge on any atom is 0.159 e. The smallest absolute Gasteiger partial charge is 0.159 e. The van der Waals surface area contributed by atoms with Crippen LogP contribution in [0.4, 0.5) is 0 Å². The lowest BCUT2D eigenvalue weighted by Gasteiger charge is -2.12. The van der Waals surface area contributed by atoms with Crippen molar-refractivity contribution in [2.45, 2.75) is 0 Å². The third-order valence-electron chi connectivity index (χ3n) is 9.38. The molecule has 208 valence electrons. The number of aromatic nitrogens is 3. The zero-order chi connectivity index (χ0) is 29.5. The summed E-state index contributed by atoms with van der Waals surface area (Å²) in [6, 6.07) is 52.1. The number of nitrogens with zero attached hydrogens (tertiary/aromatic N) is 3. The van der Waals surface area contributed by atoms with E-state index in [2.05, 4.69) is 150 Å². The Kier molecular flexibility index (Phi) is 5.00. The van der Waals surface area contributed by atoms with Crippen LogP contribution >= 0.6 is 0 Å². The number of pyridine rings is 1. The van der Waals surface area contributed by atoms with Gasteiger partial charge in [0.25, 0.3) is 0 Å². The summed E-state index contributed by atoms with van der Waals surface area (Å²) in [4.78, 5) is 10.2. The second-order valence-electron chi connectivity index (χ2n) is 11.8. The lowest BCUT2D eigenvalue weighted by molar-refractivity contribution is 1.23. The van der Waals surface area contributed by atoms with Gasteiger partial charge in [0.05, 0.1) is 22.1 Å². The van der Waals surface area contributed by atoms with Crippen molar-refractivity contribution in [1.82, 2.24) is 14.4 Å². The highest BCUT2D eigenvalue weighted by Gasteiger charge is 2.20.